The number of hydrogen-bond donors (Lipinski definition) is 1. The van der Waals surface area contributed by atoms with Crippen LogP contribution < -0.4 is 10.1 Å². The van der Waals surface area contributed by atoms with Crippen LogP contribution >= 0.6 is 0 Å². The van der Waals surface area contributed by atoms with E-state index >= 15 is 0 Å². The number of nitrogens with one attached hydrogen (secondary N) is 1. The van der Waals surface area contributed by atoms with Crippen molar-refractivity contribution in [1.29, 1.82) is 0 Å². The monoisotopic (exact) mass is 454 g/mol. The maximum absolute atomic E-state index is 13.5. The topological polar surface area (TPSA) is 69.8 Å². The Morgan fingerprint density at radius 2 is 1.97 bits per heavy atom. The van der Waals surface area contributed by atoms with Gasteiger partial charge in [-0.2, -0.15) is 18.2 Å². The summed E-state index contributed by atoms with van der Waals surface area (Å²) in [5.74, 6) is 1.53. The predicted octanol–water partition coefficient (Wildman–Crippen LogP) is 5.02. The molecule has 7 nitrogen and oxygen atoms in total. The molecule has 4 aromatic rings. The van der Waals surface area contributed by atoms with Crippen LogP contribution in [0.1, 0.15) is 29.3 Å². The number of nitrogens with zero attached hydrogens (tertiary/aromatic N) is 5. The summed E-state index contributed by atoms with van der Waals surface area (Å²) in [6.07, 6.45) is -0.344. The molecule has 10 heteroatoms. The number of benzene rings is 2. The summed E-state index contributed by atoms with van der Waals surface area (Å²) in [5.41, 5.74) is 2.03. The first-order valence-corrected chi connectivity index (χ1v) is 10.4. The van der Waals surface area contributed by atoms with Crippen LogP contribution in [0.2, 0.25) is 0 Å². The molecular formula is C23H21F3N6O. The Morgan fingerprint density at radius 3 is 2.70 bits per heavy atom. The SMILES string of the molecule is COc1cc(-c2nc3n(n2)CCC(c2ccccc2C(F)(F)F)N3)ccc1-n1cnc(C)c1. The van der Waals surface area contributed by atoms with Crippen LogP contribution in [0.3, 0.4) is 0 Å². The summed E-state index contributed by atoms with van der Waals surface area (Å²) in [6, 6.07) is 10.7. The van der Waals surface area contributed by atoms with Crippen molar-refractivity contribution in [2.75, 3.05) is 12.4 Å². The highest BCUT2D eigenvalue weighted by molar-refractivity contribution is 5.64. The summed E-state index contributed by atoms with van der Waals surface area (Å²) in [7, 11) is 1.59. The first-order chi connectivity index (χ1) is 15.8. The maximum atomic E-state index is 13.5. The number of fused-ring (bicyclic) bond motifs is 1. The van der Waals surface area contributed by atoms with Gasteiger partial charge < -0.3 is 14.6 Å². The molecule has 1 aliphatic rings. The molecular weight excluding hydrogens is 433 g/mol. The van der Waals surface area contributed by atoms with Crippen molar-refractivity contribution in [3.05, 3.63) is 71.8 Å². The Balaban J connectivity index is 1.44. The number of rotatable bonds is 4. The molecule has 1 unspecified atom stereocenters. The van der Waals surface area contributed by atoms with Crippen LogP contribution in [0.5, 0.6) is 5.75 Å². The standard InChI is InChI=1S/C23H21F3N6O/c1-14-12-31(13-27-14)19-8-7-15(11-20(19)33-2)21-29-22-28-18(9-10-32(22)30-21)16-5-3-4-6-17(16)23(24,25)26/h3-8,11-13,18H,9-10H2,1-2H3,(H,28,29,30). The van der Waals surface area contributed by atoms with Gasteiger partial charge in [0.05, 0.1) is 36.4 Å². The normalized spacial score (nSPS) is 15.7. The molecule has 0 saturated heterocycles. The van der Waals surface area contributed by atoms with Crippen LogP contribution in [0, 0.1) is 6.92 Å². The minimum Gasteiger partial charge on any atom is -0.495 e. The van der Waals surface area contributed by atoms with Crippen molar-refractivity contribution >= 4 is 5.95 Å². The van der Waals surface area contributed by atoms with Gasteiger partial charge in [-0.3, -0.25) is 0 Å². The van der Waals surface area contributed by atoms with Crippen molar-refractivity contribution in [1.82, 2.24) is 24.3 Å². The Bertz CT molecular complexity index is 1310. The summed E-state index contributed by atoms with van der Waals surface area (Å²) < 4.78 is 49.5. The quantitative estimate of drug-likeness (QED) is 0.469. The summed E-state index contributed by atoms with van der Waals surface area (Å²) in [6.45, 7) is 2.36. The first kappa shape index (κ1) is 21.0. The fourth-order valence-corrected chi connectivity index (χ4v) is 4.08. The fraction of sp³-hybridized carbons (Fsp3) is 0.261. The third-order valence-electron chi connectivity index (χ3n) is 5.67. The Morgan fingerprint density at radius 1 is 1.15 bits per heavy atom. The highest BCUT2D eigenvalue weighted by atomic mass is 19.4. The van der Waals surface area contributed by atoms with Gasteiger partial charge in [-0.1, -0.05) is 18.2 Å². The van der Waals surface area contributed by atoms with Crippen molar-refractivity contribution < 1.29 is 17.9 Å². The third kappa shape index (κ3) is 3.92. The van der Waals surface area contributed by atoms with Crippen LogP contribution in [0.4, 0.5) is 19.1 Å². The molecule has 0 radical (unpaired) electrons. The van der Waals surface area contributed by atoms with E-state index in [1.54, 1.807) is 24.2 Å². The van der Waals surface area contributed by atoms with Gasteiger partial charge in [0, 0.05) is 18.3 Å². The predicted molar refractivity (Wildman–Crippen MR) is 116 cm³/mol. The van der Waals surface area contributed by atoms with Gasteiger partial charge in [0.15, 0.2) is 5.82 Å². The van der Waals surface area contributed by atoms with Crippen LogP contribution in [0.15, 0.2) is 55.0 Å². The fourth-order valence-electron chi connectivity index (χ4n) is 4.08. The average molecular weight is 454 g/mol. The largest absolute Gasteiger partial charge is 0.495 e. The van der Waals surface area contributed by atoms with Gasteiger partial charge in [0.2, 0.25) is 5.95 Å². The Kier molecular flexibility index (Phi) is 5.07. The lowest BCUT2D eigenvalue weighted by atomic mass is 9.97. The van der Waals surface area contributed by atoms with E-state index in [0.29, 0.717) is 30.5 Å². The number of anilines is 1. The van der Waals surface area contributed by atoms with E-state index in [-0.39, 0.29) is 5.56 Å². The molecule has 0 spiro atoms. The Labute approximate surface area is 187 Å². The number of halogens is 3. The molecule has 170 valence electrons. The molecule has 5 rings (SSSR count). The molecule has 3 heterocycles. The lowest BCUT2D eigenvalue weighted by molar-refractivity contribution is -0.138. The van der Waals surface area contributed by atoms with Crippen LogP contribution in [-0.2, 0) is 12.7 Å². The van der Waals surface area contributed by atoms with E-state index in [1.165, 1.54) is 12.1 Å². The van der Waals surface area contributed by atoms with Crippen molar-refractivity contribution in [3.8, 4) is 22.8 Å². The Hall–Kier alpha value is -3.82. The molecule has 2 aromatic carbocycles. The molecule has 0 aliphatic carbocycles. The maximum Gasteiger partial charge on any atom is 0.416 e. The smallest absolute Gasteiger partial charge is 0.416 e. The van der Waals surface area contributed by atoms with E-state index in [0.717, 1.165) is 23.0 Å². The first-order valence-electron chi connectivity index (χ1n) is 10.4. The molecule has 0 saturated carbocycles. The van der Waals surface area contributed by atoms with Gasteiger partial charge in [0.25, 0.3) is 0 Å². The second-order valence-electron chi connectivity index (χ2n) is 7.86. The third-order valence-corrected chi connectivity index (χ3v) is 5.67. The van der Waals surface area contributed by atoms with Gasteiger partial charge in [0.1, 0.15) is 5.75 Å². The summed E-state index contributed by atoms with van der Waals surface area (Å²) >= 11 is 0. The molecule has 1 atom stereocenters. The van der Waals surface area contributed by atoms with Gasteiger partial charge in [-0.25, -0.2) is 9.67 Å². The molecule has 0 bridgehead atoms. The second-order valence-corrected chi connectivity index (χ2v) is 7.86. The minimum absolute atomic E-state index is 0.211. The number of methoxy groups -OCH3 is 1. The van der Waals surface area contributed by atoms with Crippen molar-refractivity contribution in [3.63, 3.8) is 0 Å². The van der Waals surface area contributed by atoms with Crippen molar-refractivity contribution in [2.45, 2.75) is 32.1 Å². The van der Waals surface area contributed by atoms with Gasteiger partial charge in [-0.15, -0.1) is 5.10 Å². The lowest BCUT2D eigenvalue weighted by Crippen LogP contribution is -2.25. The number of imidazole rings is 1. The van der Waals surface area contributed by atoms with E-state index in [2.05, 4.69) is 20.4 Å². The molecule has 1 N–H and O–H groups in total. The number of aromatic nitrogens is 5. The number of aryl methyl sites for hydroxylation is 2. The highest BCUT2D eigenvalue weighted by Gasteiger charge is 2.36. The van der Waals surface area contributed by atoms with Crippen LogP contribution in [0.25, 0.3) is 17.1 Å². The molecule has 0 amide bonds. The van der Waals surface area contributed by atoms with E-state index in [4.69, 9.17) is 4.74 Å². The van der Waals surface area contributed by atoms with E-state index in [9.17, 15) is 13.2 Å². The zero-order chi connectivity index (χ0) is 23.2. The van der Waals surface area contributed by atoms with E-state index in [1.807, 2.05) is 35.9 Å². The zero-order valence-corrected chi connectivity index (χ0v) is 18.0. The molecule has 1 aliphatic heterocycles. The van der Waals surface area contributed by atoms with E-state index < -0.39 is 17.8 Å². The highest BCUT2D eigenvalue weighted by Crippen LogP contribution is 2.38. The minimum atomic E-state index is -4.42. The lowest BCUT2D eigenvalue weighted by Gasteiger charge is -2.27. The van der Waals surface area contributed by atoms with Gasteiger partial charge in [-0.05, 0) is 43.2 Å². The van der Waals surface area contributed by atoms with Gasteiger partial charge >= 0.3 is 6.18 Å². The molecule has 0 fully saturated rings. The van der Waals surface area contributed by atoms with Crippen LogP contribution in [-0.4, -0.2) is 31.4 Å². The zero-order valence-electron chi connectivity index (χ0n) is 18.0. The molecule has 33 heavy (non-hydrogen) atoms. The summed E-state index contributed by atoms with van der Waals surface area (Å²) in [5, 5.41) is 7.68. The number of alkyl halides is 3. The van der Waals surface area contributed by atoms with Crippen molar-refractivity contribution in [2.24, 2.45) is 0 Å². The average Bonchev–Trinajstić information content (AvgIpc) is 3.43. The number of ether oxygens (including phenoxy) is 1. The summed E-state index contributed by atoms with van der Waals surface area (Å²) in [4.78, 5) is 8.80. The second kappa shape index (κ2) is 7.95. The molecule has 2 aromatic heterocycles. The number of hydrogen-bond acceptors (Lipinski definition) is 5.